The average Bonchev–Trinajstić information content (AvgIpc) is 2.98. The summed E-state index contributed by atoms with van der Waals surface area (Å²) in [7, 11) is 1.43. The van der Waals surface area contributed by atoms with Gasteiger partial charge in [-0.05, 0) is 43.4 Å². The summed E-state index contributed by atoms with van der Waals surface area (Å²) in [4.78, 5) is 11.4. The Morgan fingerprint density at radius 2 is 2.10 bits per heavy atom. The van der Waals surface area contributed by atoms with Gasteiger partial charge in [0, 0.05) is 6.54 Å². The van der Waals surface area contributed by atoms with Crippen LogP contribution in [0.15, 0.2) is 35.9 Å². The number of allylic oxidation sites excluding steroid dienone is 1. The van der Waals surface area contributed by atoms with E-state index < -0.39 is 0 Å². The number of carbonyl (C=O) groups excluding carboxylic acids is 1. The minimum Gasteiger partial charge on any atom is -0.469 e. The van der Waals surface area contributed by atoms with Gasteiger partial charge in [0.15, 0.2) is 0 Å². The summed E-state index contributed by atoms with van der Waals surface area (Å²) in [5, 5.41) is 3.47. The Balaban J connectivity index is 1.80. The molecule has 0 unspecified atom stereocenters. The van der Waals surface area contributed by atoms with Crippen LogP contribution in [0.4, 0.5) is 0 Å². The number of hydrogen-bond acceptors (Lipinski definition) is 3. The second-order valence-electron chi connectivity index (χ2n) is 5.20. The van der Waals surface area contributed by atoms with Gasteiger partial charge < -0.3 is 10.1 Å². The van der Waals surface area contributed by atoms with Crippen LogP contribution in [0.5, 0.6) is 0 Å². The first-order valence-electron chi connectivity index (χ1n) is 7.32. The number of ether oxygens (including phenoxy) is 1. The molecule has 1 N–H and O–H groups in total. The molecular formula is C17H23NO2. The van der Waals surface area contributed by atoms with Crippen molar-refractivity contribution >= 4 is 5.97 Å². The lowest BCUT2D eigenvalue weighted by atomic mass is 10.0. The predicted octanol–water partition coefficient (Wildman–Crippen LogP) is 2.99. The molecule has 2 rings (SSSR count). The van der Waals surface area contributed by atoms with Crippen molar-refractivity contribution in [3.05, 3.63) is 47.0 Å². The van der Waals surface area contributed by atoms with Gasteiger partial charge in [0.2, 0.25) is 0 Å². The summed E-state index contributed by atoms with van der Waals surface area (Å²) < 4.78 is 4.74. The molecule has 3 heteroatoms. The third kappa shape index (κ3) is 4.49. The van der Waals surface area contributed by atoms with E-state index in [-0.39, 0.29) is 5.97 Å². The van der Waals surface area contributed by atoms with Crippen molar-refractivity contribution in [3.63, 3.8) is 0 Å². The van der Waals surface area contributed by atoms with E-state index in [1.807, 2.05) is 18.2 Å². The van der Waals surface area contributed by atoms with E-state index in [4.69, 9.17) is 4.74 Å². The lowest BCUT2D eigenvalue weighted by Gasteiger charge is -2.10. The molecule has 1 aromatic carbocycles. The standard InChI is InChI=1S/C17H23NO2/c1-20-17(19)12-15-8-4-5-9-16(15)13-18-11-10-14-6-2-3-7-14/h4-6,8-9,18H,2-3,7,10-13H2,1H3. The van der Waals surface area contributed by atoms with Crippen LogP contribution in [0.3, 0.4) is 0 Å². The van der Waals surface area contributed by atoms with Gasteiger partial charge in [-0.25, -0.2) is 0 Å². The molecule has 0 fully saturated rings. The number of rotatable bonds is 7. The number of methoxy groups -OCH3 is 1. The van der Waals surface area contributed by atoms with Gasteiger partial charge in [-0.3, -0.25) is 4.79 Å². The van der Waals surface area contributed by atoms with E-state index in [1.54, 1.807) is 5.57 Å². The normalized spacial score (nSPS) is 14.2. The minimum atomic E-state index is -0.187. The zero-order valence-electron chi connectivity index (χ0n) is 12.2. The highest BCUT2D eigenvalue weighted by Crippen LogP contribution is 2.19. The van der Waals surface area contributed by atoms with Crippen LogP contribution < -0.4 is 5.32 Å². The molecular weight excluding hydrogens is 250 g/mol. The van der Waals surface area contributed by atoms with E-state index >= 15 is 0 Å². The highest BCUT2D eigenvalue weighted by atomic mass is 16.5. The van der Waals surface area contributed by atoms with Crippen molar-refractivity contribution in [2.24, 2.45) is 0 Å². The minimum absolute atomic E-state index is 0.187. The highest BCUT2D eigenvalue weighted by Gasteiger charge is 2.08. The molecule has 1 aromatic rings. The van der Waals surface area contributed by atoms with Crippen molar-refractivity contribution in [1.82, 2.24) is 5.32 Å². The Labute approximate surface area is 121 Å². The van der Waals surface area contributed by atoms with Gasteiger partial charge in [-0.1, -0.05) is 35.9 Å². The fraction of sp³-hybridized carbons (Fsp3) is 0.471. The van der Waals surface area contributed by atoms with E-state index in [9.17, 15) is 4.79 Å². The molecule has 3 nitrogen and oxygen atoms in total. The topological polar surface area (TPSA) is 38.3 Å². The maximum atomic E-state index is 11.4. The third-order valence-corrected chi connectivity index (χ3v) is 3.75. The first-order chi connectivity index (χ1) is 9.79. The van der Waals surface area contributed by atoms with Gasteiger partial charge in [0.25, 0.3) is 0 Å². The van der Waals surface area contributed by atoms with Crippen LogP contribution in [0.25, 0.3) is 0 Å². The summed E-state index contributed by atoms with van der Waals surface area (Å²) in [5.41, 5.74) is 3.81. The Morgan fingerprint density at radius 3 is 2.80 bits per heavy atom. The van der Waals surface area contributed by atoms with Gasteiger partial charge in [0.05, 0.1) is 13.5 Å². The lowest BCUT2D eigenvalue weighted by Crippen LogP contribution is -2.17. The molecule has 0 atom stereocenters. The van der Waals surface area contributed by atoms with Crippen molar-refractivity contribution in [1.29, 1.82) is 0 Å². The zero-order valence-corrected chi connectivity index (χ0v) is 12.2. The molecule has 20 heavy (non-hydrogen) atoms. The number of esters is 1. The first-order valence-corrected chi connectivity index (χ1v) is 7.32. The summed E-state index contributed by atoms with van der Waals surface area (Å²) in [6.45, 7) is 1.80. The molecule has 0 amide bonds. The molecule has 0 saturated heterocycles. The number of benzene rings is 1. The fourth-order valence-electron chi connectivity index (χ4n) is 2.57. The zero-order chi connectivity index (χ0) is 14.2. The Hall–Kier alpha value is -1.61. The predicted molar refractivity (Wildman–Crippen MR) is 80.4 cm³/mol. The molecule has 0 aliphatic heterocycles. The summed E-state index contributed by atoms with van der Waals surface area (Å²) >= 11 is 0. The van der Waals surface area contributed by atoms with Crippen LogP contribution in [0.2, 0.25) is 0 Å². The number of carbonyl (C=O) groups is 1. The fourth-order valence-corrected chi connectivity index (χ4v) is 2.57. The molecule has 0 radical (unpaired) electrons. The van der Waals surface area contributed by atoms with Gasteiger partial charge in [0.1, 0.15) is 0 Å². The Morgan fingerprint density at radius 1 is 1.30 bits per heavy atom. The molecule has 0 aromatic heterocycles. The molecule has 108 valence electrons. The summed E-state index contributed by atoms with van der Waals surface area (Å²) in [6.07, 6.45) is 7.68. The van der Waals surface area contributed by atoms with Crippen molar-refractivity contribution < 1.29 is 9.53 Å². The first kappa shape index (κ1) is 14.8. The molecule has 0 bridgehead atoms. The molecule has 1 aliphatic rings. The Kier molecular flexibility index (Phi) is 5.81. The Bertz CT molecular complexity index is 480. The summed E-state index contributed by atoms with van der Waals surface area (Å²) in [6, 6.07) is 8.04. The molecule has 1 aliphatic carbocycles. The third-order valence-electron chi connectivity index (χ3n) is 3.75. The van der Waals surface area contributed by atoms with Crippen LogP contribution >= 0.6 is 0 Å². The summed E-state index contributed by atoms with van der Waals surface area (Å²) in [5.74, 6) is -0.187. The van der Waals surface area contributed by atoms with Gasteiger partial charge in [-0.15, -0.1) is 0 Å². The molecule has 0 heterocycles. The number of hydrogen-bond donors (Lipinski definition) is 1. The monoisotopic (exact) mass is 273 g/mol. The maximum absolute atomic E-state index is 11.4. The van der Waals surface area contributed by atoms with Crippen molar-refractivity contribution in [2.45, 2.75) is 38.6 Å². The van der Waals surface area contributed by atoms with Gasteiger partial charge in [-0.2, -0.15) is 0 Å². The van der Waals surface area contributed by atoms with E-state index in [1.165, 1.54) is 31.9 Å². The van der Waals surface area contributed by atoms with Crippen LogP contribution in [-0.2, 0) is 22.5 Å². The highest BCUT2D eigenvalue weighted by molar-refractivity contribution is 5.72. The van der Waals surface area contributed by atoms with Crippen LogP contribution in [0.1, 0.15) is 36.8 Å². The van der Waals surface area contributed by atoms with E-state index in [0.717, 1.165) is 25.1 Å². The van der Waals surface area contributed by atoms with Gasteiger partial charge >= 0.3 is 5.97 Å². The maximum Gasteiger partial charge on any atom is 0.309 e. The second-order valence-corrected chi connectivity index (χ2v) is 5.20. The van der Waals surface area contributed by atoms with Crippen molar-refractivity contribution in [2.75, 3.05) is 13.7 Å². The molecule has 0 spiro atoms. The quantitative estimate of drug-likeness (QED) is 0.471. The van der Waals surface area contributed by atoms with E-state index in [2.05, 4.69) is 17.5 Å². The van der Waals surface area contributed by atoms with Crippen LogP contribution in [0, 0.1) is 0 Å². The smallest absolute Gasteiger partial charge is 0.309 e. The largest absolute Gasteiger partial charge is 0.469 e. The second kappa shape index (κ2) is 7.85. The van der Waals surface area contributed by atoms with E-state index in [0.29, 0.717) is 6.42 Å². The SMILES string of the molecule is COC(=O)Cc1ccccc1CNCCC1=CCCC1. The van der Waals surface area contributed by atoms with Crippen molar-refractivity contribution in [3.8, 4) is 0 Å². The molecule has 0 saturated carbocycles. The lowest BCUT2D eigenvalue weighted by molar-refractivity contribution is -0.139. The van der Waals surface area contributed by atoms with Crippen LogP contribution in [-0.4, -0.2) is 19.6 Å². The number of nitrogens with one attached hydrogen (secondary N) is 1. The average molecular weight is 273 g/mol.